The number of hydrogen-bond donors (Lipinski definition) is 0. The van der Waals surface area contributed by atoms with Crippen molar-refractivity contribution < 1.29 is 33.0 Å². The van der Waals surface area contributed by atoms with Crippen LogP contribution in [0.5, 0.6) is 0 Å². The van der Waals surface area contributed by atoms with Crippen LogP contribution in [0.4, 0.5) is 0 Å². The fraction of sp³-hybridized carbons (Fsp3) is 0.333. The van der Waals surface area contributed by atoms with Gasteiger partial charge in [0.15, 0.2) is 0 Å². The van der Waals surface area contributed by atoms with Crippen LogP contribution in [0.1, 0.15) is 0 Å². The Labute approximate surface area is 52.4 Å². The van der Waals surface area contributed by atoms with Crippen LogP contribution < -0.4 is 0 Å². The molecule has 0 saturated heterocycles. The molecule has 29 valence electrons. The van der Waals surface area contributed by atoms with Crippen LogP contribution >= 0.6 is 3.57 Å². The van der Waals surface area contributed by atoms with Gasteiger partial charge in [-0.3, -0.25) is 0 Å². The molecule has 0 fully saturated rings. The van der Waals surface area contributed by atoms with Crippen LogP contribution in [0.3, 0.4) is 0 Å². The van der Waals surface area contributed by atoms with E-state index in [1.807, 2.05) is 0 Å². The molecule has 0 radical (unpaired) electrons. The molecule has 1 aliphatic heterocycles. The van der Waals surface area contributed by atoms with E-state index in [-0.39, 0.29) is 22.8 Å². The molecule has 6 heavy (non-hydrogen) atoms. The Hall–Kier alpha value is 1.50. The van der Waals surface area contributed by atoms with E-state index in [0.717, 1.165) is 0 Å². The van der Waals surface area contributed by atoms with Crippen LogP contribution in [0, 0.1) is 22.8 Å². The van der Waals surface area contributed by atoms with E-state index in [1.54, 1.807) is 0 Å². The van der Waals surface area contributed by atoms with Crippen molar-refractivity contribution in [3.8, 4) is 0 Å². The van der Waals surface area contributed by atoms with E-state index >= 15 is 0 Å². The van der Waals surface area contributed by atoms with E-state index in [1.165, 1.54) is 0 Å². The third kappa shape index (κ3) is 1.54. The molecule has 0 aromatic carbocycles. The zero-order valence-corrected chi connectivity index (χ0v) is 9.85. The second kappa shape index (κ2) is 2.72. The van der Waals surface area contributed by atoms with Crippen LogP contribution in [0.2, 0.25) is 0 Å². The van der Waals surface area contributed by atoms with Crippen molar-refractivity contribution in [3.05, 3.63) is 0 Å². The van der Waals surface area contributed by atoms with Gasteiger partial charge in [-0.1, -0.05) is 0 Å². The molecular formula is C3H3PUV. The molecule has 3 heteroatoms. The van der Waals surface area contributed by atoms with Crippen molar-refractivity contribution in [2.45, 2.75) is 0 Å². The van der Waals surface area contributed by atoms with Gasteiger partial charge in [0.1, 0.15) is 0 Å². The van der Waals surface area contributed by atoms with E-state index < -0.39 is 0 Å². The van der Waals surface area contributed by atoms with Crippen molar-refractivity contribution in [2.75, 3.05) is 6.66 Å². The second-order valence-electron chi connectivity index (χ2n) is 0.994. The summed E-state index contributed by atoms with van der Waals surface area (Å²) in [6.07, 6.45) is 0. The van der Waals surface area contributed by atoms with Crippen LogP contribution in [-0.4, -0.2) is 16.5 Å². The SMILES string of the molecule is C[P]1=C=[C]=[V]=[U]=1. The fourth-order valence-electron chi connectivity index (χ4n) is 0.225. The van der Waals surface area contributed by atoms with Gasteiger partial charge in [-0.05, 0) is 0 Å². The third-order valence-corrected chi connectivity index (χ3v) is 27.7. The van der Waals surface area contributed by atoms with Crippen molar-refractivity contribution >= 4 is 13.4 Å². The van der Waals surface area contributed by atoms with Crippen molar-refractivity contribution in [3.63, 3.8) is 0 Å². The molecule has 1 heterocycles. The summed E-state index contributed by atoms with van der Waals surface area (Å²) in [7, 11) is 0.695. The molecule has 0 aliphatic carbocycles. The first-order chi connectivity index (χ1) is 2.89. The first-order valence-electron chi connectivity index (χ1n) is 1.59. The van der Waals surface area contributed by atoms with E-state index in [9.17, 15) is 0 Å². The molecule has 1 atom stereocenters. The molecule has 1 rings (SSSR count). The van der Waals surface area contributed by atoms with Crippen molar-refractivity contribution in [2.24, 2.45) is 0 Å². The Bertz CT molecular complexity index is 225. The van der Waals surface area contributed by atoms with Gasteiger partial charge >= 0.3 is 53.1 Å². The predicted octanol–water partition coefficient (Wildman–Crippen LogP) is 0.468. The number of hydrogen-bond acceptors (Lipinski definition) is 0. The third-order valence-electron chi connectivity index (χ3n) is 0.474. The zero-order valence-electron chi connectivity index (χ0n) is 3.39. The van der Waals surface area contributed by atoms with Gasteiger partial charge in [-0.25, -0.2) is 0 Å². The molecule has 0 N–H and O–H groups in total. The molecule has 0 saturated carbocycles. The van der Waals surface area contributed by atoms with Gasteiger partial charge in [0.2, 0.25) is 0 Å². The van der Waals surface area contributed by atoms with Crippen LogP contribution in [0.15, 0.2) is 0 Å². The van der Waals surface area contributed by atoms with Gasteiger partial charge in [0.25, 0.3) is 0 Å². The van der Waals surface area contributed by atoms with Gasteiger partial charge < -0.3 is 0 Å². The summed E-state index contributed by atoms with van der Waals surface area (Å²) in [6, 6.07) is 0. The summed E-state index contributed by atoms with van der Waals surface area (Å²) in [6.45, 7) is 2.35. The van der Waals surface area contributed by atoms with Crippen molar-refractivity contribution in [1.82, 2.24) is 0 Å². The summed E-state index contributed by atoms with van der Waals surface area (Å²) in [4.78, 5) is 0. The average molecular weight is 359 g/mol. The quantitative estimate of drug-likeness (QED) is 0.552. The topological polar surface area (TPSA) is 0 Å². The maximum absolute atomic E-state index is 3.27. The average Bonchev–Trinajstić information content (AvgIpc) is 1.86. The van der Waals surface area contributed by atoms with E-state index in [4.69, 9.17) is 0 Å². The van der Waals surface area contributed by atoms with Crippen LogP contribution in [-0.2, 0) is 10.2 Å². The molecule has 0 spiro atoms. The summed E-state index contributed by atoms with van der Waals surface area (Å²) in [5, 5.41) is 0. The van der Waals surface area contributed by atoms with Gasteiger partial charge in [-0.2, -0.15) is 0 Å². The molecule has 0 bridgehead atoms. The first-order valence-corrected chi connectivity index (χ1v) is 18.0. The molecule has 0 nitrogen and oxygen atoms in total. The number of rotatable bonds is 0. The monoisotopic (exact) mass is 359 g/mol. The molecule has 1 aliphatic rings. The Kier molecular flexibility index (Phi) is 2.55. The molecule has 1 unspecified atom stereocenters. The zero-order chi connectivity index (χ0) is 4.41. The standard InChI is InChI=1S/C3H3P.U.V/c1-3-4-2;;/h2H3;;. The normalized spacial score (nSPS) is 17.8. The maximum atomic E-state index is 3.27. The first kappa shape index (κ1) is 5.63. The summed E-state index contributed by atoms with van der Waals surface area (Å²) in [5.41, 5.74) is 3.27. The van der Waals surface area contributed by atoms with Crippen LogP contribution in [0.25, 0.3) is 0 Å². The summed E-state index contributed by atoms with van der Waals surface area (Å²) < 4.78 is 3.66. The molecule has 0 aromatic heterocycles. The Morgan fingerprint density at radius 2 is 2.67 bits per heavy atom. The summed E-state index contributed by atoms with van der Waals surface area (Å²) in [5.74, 6) is 0. The molecular weight excluding hydrogens is 356 g/mol. The van der Waals surface area contributed by atoms with E-state index in [0.29, 0.717) is 13.8 Å². The van der Waals surface area contributed by atoms with Gasteiger partial charge in [0, 0.05) is 0 Å². The summed E-state index contributed by atoms with van der Waals surface area (Å²) >= 11 is -0.112. The van der Waals surface area contributed by atoms with Crippen molar-refractivity contribution in [1.29, 1.82) is 0 Å². The minimum atomic E-state index is -0.112. The van der Waals surface area contributed by atoms with E-state index in [2.05, 4.69) is 16.5 Å². The van der Waals surface area contributed by atoms with Gasteiger partial charge in [-0.15, -0.1) is 0 Å². The molecule has 0 aromatic rings. The second-order valence-corrected chi connectivity index (χ2v) is 26.7. The minimum absolute atomic E-state index is 0.112. The predicted molar refractivity (Wildman–Crippen MR) is 22.9 cm³/mol. The van der Waals surface area contributed by atoms with Gasteiger partial charge in [0.05, 0.1) is 0 Å². The fourth-order valence-corrected chi connectivity index (χ4v) is 20.8. The Morgan fingerprint density at radius 3 is 2.83 bits per heavy atom. The molecule has 0 amide bonds. The Balaban J connectivity index is 3.81. The Morgan fingerprint density at radius 1 is 1.83 bits per heavy atom.